The van der Waals surface area contributed by atoms with Crippen molar-refractivity contribution in [1.29, 1.82) is 0 Å². The van der Waals surface area contributed by atoms with Gasteiger partial charge in [-0.3, -0.25) is 0 Å². The van der Waals surface area contributed by atoms with Gasteiger partial charge in [0, 0.05) is 16.1 Å². The first kappa shape index (κ1) is 12.5. The normalized spacial score (nSPS) is 12.6. The van der Waals surface area contributed by atoms with Gasteiger partial charge in [-0.25, -0.2) is 4.98 Å². The molecule has 1 aliphatic heterocycles. The van der Waals surface area contributed by atoms with Crippen molar-refractivity contribution in [3.8, 4) is 23.1 Å². The third-order valence-corrected chi connectivity index (χ3v) is 3.78. The molecule has 0 amide bonds. The maximum Gasteiger partial charge on any atom is 0.231 e. The molecule has 3 aromatic rings. The van der Waals surface area contributed by atoms with Gasteiger partial charge in [0.05, 0.1) is 0 Å². The fraction of sp³-hybridized carbons (Fsp3) is 0.0625. The minimum atomic E-state index is 0.252. The van der Waals surface area contributed by atoms with Crippen LogP contribution in [0.15, 0.2) is 53.1 Å². The number of rotatable bonds is 2. The number of nitrogens with zero attached hydrogens (tertiary/aromatic N) is 1. The zero-order chi connectivity index (χ0) is 14.2. The highest BCUT2D eigenvalue weighted by Crippen LogP contribution is 2.39. The maximum atomic E-state index is 5.88. The summed E-state index contributed by atoms with van der Waals surface area (Å²) in [6.45, 7) is 0.252. The van der Waals surface area contributed by atoms with Gasteiger partial charge in [0.1, 0.15) is 5.75 Å². The van der Waals surface area contributed by atoms with E-state index in [1.165, 1.54) is 0 Å². The Bertz CT molecular complexity index is 818. The second-order valence-electron chi connectivity index (χ2n) is 4.60. The van der Waals surface area contributed by atoms with Gasteiger partial charge in [0.15, 0.2) is 11.5 Å². The number of fused-ring (bicyclic) bond motifs is 2. The molecule has 21 heavy (non-hydrogen) atoms. The molecule has 0 fully saturated rings. The van der Waals surface area contributed by atoms with E-state index in [4.69, 9.17) is 14.2 Å². The van der Waals surface area contributed by atoms with Crippen molar-refractivity contribution in [2.75, 3.05) is 6.79 Å². The SMILES string of the molecule is Brc1ccc(Oc2nccc3cc4c(cc23)OCO4)cc1. The summed E-state index contributed by atoms with van der Waals surface area (Å²) in [4.78, 5) is 4.32. The second-order valence-corrected chi connectivity index (χ2v) is 5.51. The number of halogens is 1. The van der Waals surface area contributed by atoms with Crippen molar-refractivity contribution < 1.29 is 14.2 Å². The summed E-state index contributed by atoms with van der Waals surface area (Å²) in [5.74, 6) is 2.75. The van der Waals surface area contributed by atoms with Crippen LogP contribution in [0, 0.1) is 0 Å². The van der Waals surface area contributed by atoms with Crippen LogP contribution in [0.5, 0.6) is 23.1 Å². The third kappa shape index (κ3) is 2.29. The summed E-state index contributed by atoms with van der Waals surface area (Å²) in [6.07, 6.45) is 1.72. The van der Waals surface area contributed by atoms with E-state index in [2.05, 4.69) is 20.9 Å². The van der Waals surface area contributed by atoms with Crippen molar-refractivity contribution in [3.63, 3.8) is 0 Å². The minimum absolute atomic E-state index is 0.252. The summed E-state index contributed by atoms with van der Waals surface area (Å²) >= 11 is 3.40. The molecule has 104 valence electrons. The number of ether oxygens (including phenoxy) is 3. The Balaban J connectivity index is 1.79. The molecule has 0 N–H and O–H groups in total. The van der Waals surface area contributed by atoms with Gasteiger partial charge in [0.25, 0.3) is 0 Å². The van der Waals surface area contributed by atoms with E-state index in [9.17, 15) is 0 Å². The van der Waals surface area contributed by atoms with Crippen molar-refractivity contribution >= 4 is 26.7 Å². The van der Waals surface area contributed by atoms with Gasteiger partial charge < -0.3 is 14.2 Å². The molecule has 0 saturated heterocycles. The van der Waals surface area contributed by atoms with E-state index < -0.39 is 0 Å². The Morgan fingerprint density at radius 3 is 2.57 bits per heavy atom. The molecular formula is C16H10BrNO3. The van der Waals surface area contributed by atoms with Gasteiger partial charge in [-0.15, -0.1) is 0 Å². The Morgan fingerprint density at radius 2 is 1.76 bits per heavy atom. The molecule has 0 radical (unpaired) electrons. The number of pyridine rings is 1. The molecule has 0 atom stereocenters. The quantitative estimate of drug-likeness (QED) is 0.685. The highest BCUT2D eigenvalue weighted by atomic mass is 79.9. The fourth-order valence-electron chi connectivity index (χ4n) is 2.23. The molecule has 0 spiro atoms. The van der Waals surface area contributed by atoms with E-state index in [1.54, 1.807) is 6.20 Å². The fourth-order valence-corrected chi connectivity index (χ4v) is 2.50. The smallest absolute Gasteiger partial charge is 0.231 e. The minimum Gasteiger partial charge on any atom is -0.454 e. The topological polar surface area (TPSA) is 40.6 Å². The van der Waals surface area contributed by atoms with Gasteiger partial charge in [0.2, 0.25) is 12.7 Å². The predicted octanol–water partition coefficient (Wildman–Crippen LogP) is 4.52. The van der Waals surface area contributed by atoms with Gasteiger partial charge in [-0.2, -0.15) is 0 Å². The molecule has 5 heteroatoms. The van der Waals surface area contributed by atoms with Crippen LogP contribution >= 0.6 is 15.9 Å². The lowest BCUT2D eigenvalue weighted by atomic mass is 10.1. The molecule has 4 rings (SSSR count). The Kier molecular flexibility index (Phi) is 2.93. The molecule has 1 aromatic heterocycles. The van der Waals surface area contributed by atoms with E-state index in [0.717, 1.165) is 32.5 Å². The molecule has 0 saturated carbocycles. The van der Waals surface area contributed by atoms with Crippen molar-refractivity contribution in [3.05, 3.63) is 53.1 Å². The highest BCUT2D eigenvalue weighted by Gasteiger charge is 2.16. The summed E-state index contributed by atoms with van der Waals surface area (Å²) in [7, 11) is 0. The van der Waals surface area contributed by atoms with Crippen LogP contribution in [0.25, 0.3) is 10.8 Å². The van der Waals surface area contributed by atoms with E-state index >= 15 is 0 Å². The van der Waals surface area contributed by atoms with E-state index in [0.29, 0.717) is 5.88 Å². The summed E-state index contributed by atoms with van der Waals surface area (Å²) in [5, 5.41) is 1.89. The van der Waals surface area contributed by atoms with Crippen molar-refractivity contribution in [1.82, 2.24) is 4.98 Å². The van der Waals surface area contributed by atoms with Crippen LogP contribution in [0.2, 0.25) is 0 Å². The van der Waals surface area contributed by atoms with Gasteiger partial charge in [-0.05, 0) is 47.9 Å². The van der Waals surface area contributed by atoms with Crippen LogP contribution in [0.1, 0.15) is 0 Å². The molecule has 2 aromatic carbocycles. The summed E-state index contributed by atoms with van der Waals surface area (Å²) < 4.78 is 17.7. The van der Waals surface area contributed by atoms with Crippen LogP contribution in [0.4, 0.5) is 0 Å². The van der Waals surface area contributed by atoms with Crippen LogP contribution in [-0.4, -0.2) is 11.8 Å². The van der Waals surface area contributed by atoms with Gasteiger partial charge in [-0.1, -0.05) is 15.9 Å². The van der Waals surface area contributed by atoms with Crippen LogP contribution in [0.3, 0.4) is 0 Å². The zero-order valence-electron chi connectivity index (χ0n) is 10.9. The first-order chi connectivity index (χ1) is 10.3. The molecule has 4 nitrogen and oxygen atoms in total. The Hall–Kier alpha value is -2.27. The van der Waals surface area contributed by atoms with E-state index in [1.807, 2.05) is 42.5 Å². The molecule has 2 heterocycles. The standard InChI is InChI=1S/C16H10BrNO3/c17-11-1-3-12(4-2-11)21-16-13-8-15-14(19-9-20-15)7-10(13)5-6-18-16/h1-8H,9H2. The molecular weight excluding hydrogens is 334 g/mol. The van der Waals surface area contributed by atoms with Gasteiger partial charge >= 0.3 is 0 Å². The molecule has 1 aliphatic rings. The monoisotopic (exact) mass is 343 g/mol. The average Bonchev–Trinajstić information content (AvgIpc) is 2.95. The summed E-state index contributed by atoms with van der Waals surface area (Å²) in [5.41, 5.74) is 0. The summed E-state index contributed by atoms with van der Waals surface area (Å²) in [6, 6.07) is 13.4. The van der Waals surface area contributed by atoms with Crippen LogP contribution < -0.4 is 14.2 Å². The van der Waals surface area contributed by atoms with Crippen molar-refractivity contribution in [2.45, 2.75) is 0 Å². The van der Waals surface area contributed by atoms with E-state index in [-0.39, 0.29) is 6.79 Å². The molecule has 0 aliphatic carbocycles. The number of benzene rings is 2. The maximum absolute atomic E-state index is 5.88. The predicted molar refractivity (Wildman–Crippen MR) is 82.1 cm³/mol. The third-order valence-electron chi connectivity index (χ3n) is 3.25. The second kappa shape index (κ2) is 4.93. The van der Waals surface area contributed by atoms with Crippen molar-refractivity contribution in [2.24, 2.45) is 0 Å². The zero-order valence-corrected chi connectivity index (χ0v) is 12.5. The number of hydrogen-bond donors (Lipinski definition) is 0. The number of aromatic nitrogens is 1. The highest BCUT2D eigenvalue weighted by molar-refractivity contribution is 9.10. The molecule has 0 unspecified atom stereocenters. The Labute approximate surface area is 129 Å². The number of hydrogen-bond acceptors (Lipinski definition) is 4. The average molecular weight is 344 g/mol. The lowest BCUT2D eigenvalue weighted by Crippen LogP contribution is -1.92. The first-order valence-corrected chi connectivity index (χ1v) is 7.21. The Morgan fingerprint density at radius 1 is 1.00 bits per heavy atom. The molecule has 0 bridgehead atoms. The lowest BCUT2D eigenvalue weighted by molar-refractivity contribution is 0.174. The van der Waals surface area contributed by atoms with Crippen LogP contribution in [-0.2, 0) is 0 Å². The first-order valence-electron chi connectivity index (χ1n) is 6.41. The largest absolute Gasteiger partial charge is 0.454 e. The lowest BCUT2D eigenvalue weighted by Gasteiger charge is -2.08.